The minimum atomic E-state index is -0.961. The van der Waals surface area contributed by atoms with Gasteiger partial charge in [0.15, 0.2) is 11.6 Å². The average molecular weight is 582 g/mol. The molecule has 0 saturated heterocycles. The summed E-state index contributed by atoms with van der Waals surface area (Å²) < 4.78 is 32.5. The second kappa shape index (κ2) is 11.9. The van der Waals surface area contributed by atoms with Crippen molar-refractivity contribution < 1.29 is 13.6 Å². The molecule has 0 spiro atoms. The number of pyridine rings is 1. The van der Waals surface area contributed by atoms with Crippen LogP contribution in [0.4, 0.5) is 14.5 Å². The molecule has 3 atom stereocenters. The van der Waals surface area contributed by atoms with Crippen molar-refractivity contribution in [3.63, 3.8) is 0 Å². The van der Waals surface area contributed by atoms with Gasteiger partial charge < -0.3 is 11.1 Å². The quantitative estimate of drug-likeness (QED) is 0.336. The molecule has 1 amide bonds. The summed E-state index contributed by atoms with van der Waals surface area (Å²) in [4.78, 5) is 33.9. The fourth-order valence-electron chi connectivity index (χ4n) is 4.95. The van der Waals surface area contributed by atoms with E-state index in [1.807, 2.05) is 6.92 Å². The summed E-state index contributed by atoms with van der Waals surface area (Å²) in [6.07, 6.45) is 8.62. The standard InChI is InChI=1S/C31H34ClF2N5O2/c1-6-13-37-28(19-8-7-9-23(27(19)34)38-30(41)31(4)11-12-31)21(33)16-39-17(2)15-20(26(32)29(39)40)24-18(3)25(24)22(35)10-14-36-5/h6-10,13-16,18,24-25H,11-12,35H2,1-5H3,(H,38,41)/b13-6+,21-16-,22-10-,36-14?,37-28+. The molecule has 10 heteroatoms. The van der Waals surface area contributed by atoms with Crippen LogP contribution in [0.1, 0.15) is 56.4 Å². The lowest BCUT2D eigenvalue weighted by molar-refractivity contribution is -0.120. The molecule has 3 unspecified atom stereocenters. The van der Waals surface area contributed by atoms with Crippen molar-refractivity contribution >= 4 is 41.3 Å². The van der Waals surface area contributed by atoms with Crippen molar-refractivity contribution in [1.29, 1.82) is 0 Å². The summed E-state index contributed by atoms with van der Waals surface area (Å²) in [7, 11) is 1.65. The molecule has 2 aliphatic rings. The van der Waals surface area contributed by atoms with E-state index in [0.717, 1.165) is 23.6 Å². The highest BCUT2D eigenvalue weighted by molar-refractivity contribution is 6.31. The Morgan fingerprint density at radius 1 is 1.32 bits per heavy atom. The van der Waals surface area contributed by atoms with Crippen LogP contribution in [-0.2, 0) is 4.79 Å². The first-order valence-electron chi connectivity index (χ1n) is 13.4. The molecule has 41 heavy (non-hydrogen) atoms. The SMILES string of the molecule is C/C=C/N=C(/C(F)=C/n1c(C)cc(C2C(C)C2/C(N)=C/C=NC)c(Cl)c1=O)c1cccc(NC(=O)C2(C)CC2)c1F. The van der Waals surface area contributed by atoms with Crippen LogP contribution in [0.2, 0.25) is 5.02 Å². The number of aromatic nitrogens is 1. The van der Waals surface area contributed by atoms with Gasteiger partial charge in [0.1, 0.15) is 10.7 Å². The largest absolute Gasteiger partial charge is 0.402 e. The molecule has 2 saturated carbocycles. The molecule has 0 bridgehead atoms. The Balaban J connectivity index is 1.71. The van der Waals surface area contributed by atoms with Crippen molar-refractivity contribution in [3.05, 3.63) is 92.2 Å². The van der Waals surface area contributed by atoms with E-state index in [9.17, 15) is 9.59 Å². The maximum Gasteiger partial charge on any atom is 0.273 e. The van der Waals surface area contributed by atoms with Crippen LogP contribution in [0.3, 0.4) is 0 Å². The van der Waals surface area contributed by atoms with Crippen molar-refractivity contribution in [3.8, 4) is 0 Å². The smallest absolute Gasteiger partial charge is 0.273 e. The first-order chi connectivity index (χ1) is 19.4. The summed E-state index contributed by atoms with van der Waals surface area (Å²) in [5, 5.41) is 2.57. The molecule has 4 rings (SSSR count). The fraction of sp³-hybridized carbons (Fsp3) is 0.355. The van der Waals surface area contributed by atoms with Crippen molar-refractivity contribution in [1.82, 2.24) is 4.57 Å². The maximum atomic E-state index is 15.9. The van der Waals surface area contributed by atoms with Gasteiger partial charge in [-0.3, -0.25) is 24.1 Å². The lowest BCUT2D eigenvalue weighted by Gasteiger charge is -2.14. The molecule has 2 aromatic rings. The van der Waals surface area contributed by atoms with Crippen LogP contribution in [0.15, 0.2) is 68.9 Å². The second-order valence-electron chi connectivity index (χ2n) is 10.8. The molecule has 216 valence electrons. The van der Waals surface area contributed by atoms with Crippen LogP contribution in [-0.4, -0.2) is 29.4 Å². The molecule has 1 aromatic heterocycles. The van der Waals surface area contributed by atoms with Crippen LogP contribution in [0.5, 0.6) is 0 Å². The Morgan fingerprint density at radius 2 is 2.02 bits per heavy atom. The molecule has 2 fully saturated rings. The van der Waals surface area contributed by atoms with Gasteiger partial charge in [0.05, 0.1) is 11.9 Å². The number of nitrogens with two attached hydrogens (primary N) is 1. The number of hydrogen-bond donors (Lipinski definition) is 2. The molecule has 0 aliphatic heterocycles. The third-order valence-corrected chi connectivity index (χ3v) is 8.19. The third kappa shape index (κ3) is 6.10. The topological polar surface area (TPSA) is 102 Å². The number of nitrogens with one attached hydrogen (secondary N) is 1. The molecule has 7 nitrogen and oxygen atoms in total. The Bertz CT molecular complexity index is 1580. The molecule has 1 aromatic carbocycles. The van der Waals surface area contributed by atoms with Gasteiger partial charge >= 0.3 is 0 Å². The van der Waals surface area contributed by atoms with E-state index in [0.29, 0.717) is 17.0 Å². The molecular formula is C31H34ClF2N5O2. The lowest BCUT2D eigenvalue weighted by atomic mass is 10.1. The van der Waals surface area contributed by atoms with Gasteiger partial charge in [0, 0.05) is 47.7 Å². The van der Waals surface area contributed by atoms with Crippen LogP contribution in [0, 0.1) is 30.0 Å². The normalized spacial score (nSPS) is 22.4. The van der Waals surface area contributed by atoms with Crippen molar-refractivity contribution in [2.75, 3.05) is 12.4 Å². The predicted octanol–water partition coefficient (Wildman–Crippen LogP) is 6.37. The molecule has 0 radical (unpaired) electrons. The number of hydrogen-bond acceptors (Lipinski definition) is 5. The zero-order valence-corrected chi connectivity index (χ0v) is 24.5. The number of allylic oxidation sites excluding steroid dienone is 4. The second-order valence-corrected chi connectivity index (χ2v) is 11.2. The minimum absolute atomic E-state index is 0.00485. The predicted molar refractivity (Wildman–Crippen MR) is 162 cm³/mol. The third-order valence-electron chi connectivity index (χ3n) is 7.81. The number of benzene rings is 1. The van der Waals surface area contributed by atoms with E-state index < -0.39 is 22.6 Å². The molecule has 3 N–H and O–H groups in total. The zero-order valence-electron chi connectivity index (χ0n) is 23.7. The number of anilines is 1. The van der Waals surface area contributed by atoms with Crippen molar-refractivity contribution in [2.24, 2.45) is 33.0 Å². The first-order valence-corrected chi connectivity index (χ1v) is 13.8. The number of amides is 1. The minimum Gasteiger partial charge on any atom is -0.402 e. The van der Waals surface area contributed by atoms with Crippen LogP contribution >= 0.6 is 11.6 Å². The summed E-state index contributed by atoms with van der Waals surface area (Å²) >= 11 is 6.53. The number of carbonyl (C=O) groups is 1. The highest BCUT2D eigenvalue weighted by atomic mass is 35.5. The molecule has 2 aliphatic carbocycles. The highest BCUT2D eigenvalue weighted by Gasteiger charge is 2.50. The summed E-state index contributed by atoms with van der Waals surface area (Å²) in [5.74, 6) is -1.98. The first kappa shape index (κ1) is 30.1. The van der Waals surface area contributed by atoms with E-state index >= 15 is 8.78 Å². The number of aliphatic imine (C=N–C) groups is 2. The van der Waals surface area contributed by atoms with Gasteiger partial charge in [0.2, 0.25) is 5.91 Å². The summed E-state index contributed by atoms with van der Waals surface area (Å²) in [5.41, 5.74) is 6.22. The summed E-state index contributed by atoms with van der Waals surface area (Å²) in [6.45, 7) is 7.17. The van der Waals surface area contributed by atoms with Gasteiger partial charge in [-0.1, -0.05) is 37.6 Å². The zero-order chi connectivity index (χ0) is 30.1. The van der Waals surface area contributed by atoms with Gasteiger partial charge in [-0.05, 0) is 68.4 Å². The van der Waals surface area contributed by atoms with E-state index in [1.165, 1.54) is 24.4 Å². The van der Waals surface area contributed by atoms with Crippen LogP contribution in [0.25, 0.3) is 6.20 Å². The fourth-order valence-corrected chi connectivity index (χ4v) is 5.23. The van der Waals surface area contributed by atoms with E-state index in [4.69, 9.17) is 17.3 Å². The Hall–Kier alpha value is -3.85. The average Bonchev–Trinajstić information content (AvgIpc) is 3.85. The molecule has 1 heterocycles. The Morgan fingerprint density at radius 3 is 2.66 bits per heavy atom. The van der Waals surface area contributed by atoms with Crippen LogP contribution < -0.4 is 16.6 Å². The van der Waals surface area contributed by atoms with E-state index in [1.54, 1.807) is 52.3 Å². The number of carbonyl (C=O) groups excluding carboxylic acids is 1. The van der Waals surface area contributed by atoms with Gasteiger partial charge in [0.25, 0.3) is 5.56 Å². The monoisotopic (exact) mass is 581 g/mol. The number of halogens is 3. The van der Waals surface area contributed by atoms with Gasteiger partial charge in [-0.15, -0.1) is 0 Å². The number of rotatable bonds is 9. The van der Waals surface area contributed by atoms with E-state index in [-0.39, 0.29) is 45.6 Å². The Labute approximate surface area is 243 Å². The number of nitrogens with zero attached hydrogens (tertiary/aromatic N) is 3. The number of aryl methyl sites for hydroxylation is 1. The maximum absolute atomic E-state index is 15.9. The lowest BCUT2D eigenvalue weighted by Crippen LogP contribution is -2.23. The van der Waals surface area contributed by atoms with Crippen molar-refractivity contribution in [2.45, 2.75) is 46.5 Å². The Kier molecular flexibility index (Phi) is 8.77. The molecular weight excluding hydrogens is 548 g/mol. The van der Waals surface area contributed by atoms with E-state index in [2.05, 4.69) is 15.3 Å². The highest BCUT2D eigenvalue weighted by Crippen LogP contribution is 2.57. The summed E-state index contributed by atoms with van der Waals surface area (Å²) in [6, 6.07) is 6.02. The van der Waals surface area contributed by atoms with Gasteiger partial charge in [-0.25, -0.2) is 8.78 Å². The van der Waals surface area contributed by atoms with Gasteiger partial charge in [-0.2, -0.15) is 0 Å².